The SMILES string of the molecule is CCCn1c(O)c(/C=N/NC(=O)Cc2ccc(F)cc2)c(=O)[nH]c1=S. The van der Waals surface area contributed by atoms with Gasteiger partial charge >= 0.3 is 0 Å². The summed E-state index contributed by atoms with van der Waals surface area (Å²) in [5.74, 6) is -1.14. The molecule has 3 N–H and O–H groups in total. The van der Waals surface area contributed by atoms with Crippen LogP contribution in [0.2, 0.25) is 0 Å². The van der Waals surface area contributed by atoms with Gasteiger partial charge in [0.1, 0.15) is 11.4 Å². The number of nitrogens with zero attached hydrogens (tertiary/aromatic N) is 2. The van der Waals surface area contributed by atoms with E-state index in [1.807, 2.05) is 6.92 Å². The van der Waals surface area contributed by atoms with Crippen molar-refractivity contribution >= 4 is 24.3 Å². The number of hydrogen-bond donors (Lipinski definition) is 3. The summed E-state index contributed by atoms with van der Waals surface area (Å²) >= 11 is 4.99. The fourth-order valence-corrected chi connectivity index (χ4v) is 2.39. The Hall–Kier alpha value is -2.81. The van der Waals surface area contributed by atoms with Gasteiger partial charge in [-0.3, -0.25) is 19.1 Å². The van der Waals surface area contributed by atoms with Crippen LogP contribution in [0.3, 0.4) is 0 Å². The van der Waals surface area contributed by atoms with Gasteiger partial charge in [0.2, 0.25) is 11.8 Å². The van der Waals surface area contributed by atoms with Crippen LogP contribution >= 0.6 is 12.2 Å². The van der Waals surface area contributed by atoms with E-state index >= 15 is 0 Å². The van der Waals surface area contributed by atoms with Crippen LogP contribution in [0.25, 0.3) is 0 Å². The number of hydrazone groups is 1. The van der Waals surface area contributed by atoms with Crippen molar-refractivity contribution in [2.45, 2.75) is 26.3 Å². The smallest absolute Gasteiger partial charge is 0.264 e. The Morgan fingerprint density at radius 1 is 1.44 bits per heavy atom. The van der Waals surface area contributed by atoms with Gasteiger partial charge in [-0.15, -0.1) is 0 Å². The lowest BCUT2D eigenvalue weighted by molar-refractivity contribution is -0.120. The van der Waals surface area contributed by atoms with E-state index in [4.69, 9.17) is 12.2 Å². The number of nitrogens with one attached hydrogen (secondary N) is 2. The Bertz CT molecular complexity index is 903. The molecule has 9 heteroatoms. The molecule has 0 aliphatic carbocycles. The maximum absolute atomic E-state index is 12.8. The van der Waals surface area contributed by atoms with Crippen molar-refractivity contribution in [3.8, 4) is 5.88 Å². The Morgan fingerprint density at radius 2 is 2.12 bits per heavy atom. The normalized spacial score (nSPS) is 11.0. The highest BCUT2D eigenvalue weighted by Gasteiger charge is 2.10. The van der Waals surface area contributed by atoms with Crippen LogP contribution in [0.4, 0.5) is 4.39 Å². The average Bonchev–Trinajstić information content (AvgIpc) is 2.56. The number of benzene rings is 1. The number of H-pyrrole nitrogens is 1. The Kier molecular flexibility index (Phi) is 6.18. The van der Waals surface area contributed by atoms with Gasteiger partial charge in [-0.2, -0.15) is 5.10 Å². The zero-order valence-electron chi connectivity index (χ0n) is 13.5. The third-order valence-corrected chi connectivity index (χ3v) is 3.64. The molecule has 25 heavy (non-hydrogen) atoms. The Morgan fingerprint density at radius 3 is 2.76 bits per heavy atom. The standard InChI is InChI=1S/C16H17FN4O3S/c1-2-7-21-15(24)12(14(23)19-16(21)25)9-18-20-13(22)8-10-3-5-11(17)6-4-10/h3-6,9,24H,2,7-8H2,1H3,(H,20,22)(H,19,23,25)/b18-9+. The van der Waals surface area contributed by atoms with E-state index in [1.54, 1.807) is 0 Å². The third-order valence-electron chi connectivity index (χ3n) is 3.31. The Labute approximate surface area is 147 Å². The zero-order chi connectivity index (χ0) is 18.4. The molecule has 0 radical (unpaired) electrons. The molecule has 1 aromatic carbocycles. The minimum absolute atomic E-state index is 0.000885. The number of carbonyl (C=O) groups is 1. The number of carbonyl (C=O) groups excluding carboxylic acids is 1. The van der Waals surface area contributed by atoms with Crippen molar-refractivity contribution in [1.82, 2.24) is 15.0 Å². The lowest BCUT2D eigenvalue weighted by Gasteiger charge is -2.09. The van der Waals surface area contributed by atoms with Gasteiger partial charge in [-0.25, -0.2) is 9.82 Å². The number of aromatic nitrogens is 2. The molecular weight excluding hydrogens is 347 g/mol. The molecular formula is C16H17FN4O3S. The molecule has 1 amide bonds. The second kappa shape index (κ2) is 8.34. The molecule has 0 saturated carbocycles. The van der Waals surface area contributed by atoms with Crippen LogP contribution in [0.1, 0.15) is 24.5 Å². The molecule has 7 nitrogen and oxygen atoms in total. The summed E-state index contributed by atoms with van der Waals surface area (Å²) in [6, 6.07) is 5.49. The van der Waals surface area contributed by atoms with Crippen molar-refractivity contribution < 1.29 is 14.3 Å². The second-order valence-corrected chi connectivity index (χ2v) is 5.63. The largest absolute Gasteiger partial charge is 0.494 e. The highest BCUT2D eigenvalue weighted by Crippen LogP contribution is 2.11. The van der Waals surface area contributed by atoms with Gasteiger partial charge in [0.25, 0.3) is 5.56 Å². The van der Waals surface area contributed by atoms with Crippen molar-refractivity contribution in [3.63, 3.8) is 0 Å². The minimum atomic E-state index is -0.605. The van der Waals surface area contributed by atoms with Gasteiger partial charge in [-0.05, 0) is 36.3 Å². The number of aromatic hydroxyl groups is 1. The first kappa shape index (κ1) is 18.5. The van der Waals surface area contributed by atoms with E-state index in [0.717, 1.165) is 6.21 Å². The maximum atomic E-state index is 12.8. The van der Waals surface area contributed by atoms with Crippen LogP contribution in [0.15, 0.2) is 34.2 Å². The highest BCUT2D eigenvalue weighted by atomic mass is 32.1. The van der Waals surface area contributed by atoms with Gasteiger partial charge < -0.3 is 5.11 Å². The van der Waals surface area contributed by atoms with E-state index in [0.29, 0.717) is 18.5 Å². The number of hydrogen-bond acceptors (Lipinski definition) is 5. The van der Waals surface area contributed by atoms with E-state index in [-0.39, 0.29) is 28.5 Å². The highest BCUT2D eigenvalue weighted by molar-refractivity contribution is 7.71. The summed E-state index contributed by atoms with van der Waals surface area (Å²) in [4.78, 5) is 26.1. The molecule has 132 valence electrons. The molecule has 0 saturated heterocycles. The van der Waals surface area contributed by atoms with Crippen LogP contribution < -0.4 is 11.0 Å². The van der Waals surface area contributed by atoms with E-state index < -0.39 is 11.5 Å². The van der Waals surface area contributed by atoms with Gasteiger partial charge in [0, 0.05) is 6.54 Å². The molecule has 0 aliphatic heterocycles. The van der Waals surface area contributed by atoms with Crippen molar-refractivity contribution in [1.29, 1.82) is 0 Å². The molecule has 0 bridgehead atoms. The summed E-state index contributed by atoms with van der Waals surface area (Å²) < 4.78 is 14.3. The molecule has 1 aromatic heterocycles. The van der Waals surface area contributed by atoms with Gasteiger partial charge in [-0.1, -0.05) is 19.1 Å². The van der Waals surface area contributed by atoms with Gasteiger partial charge in [0.05, 0.1) is 12.6 Å². The monoisotopic (exact) mass is 364 g/mol. The molecule has 0 aliphatic rings. The van der Waals surface area contributed by atoms with Crippen molar-refractivity contribution in [3.05, 3.63) is 56.3 Å². The van der Waals surface area contributed by atoms with Crippen LogP contribution in [0, 0.1) is 10.6 Å². The molecule has 2 rings (SSSR count). The second-order valence-electron chi connectivity index (χ2n) is 5.24. The third kappa shape index (κ3) is 4.83. The predicted octanol–water partition coefficient (Wildman–Crippen LogP) is 1.85. The Balaban J connectivity index is 2.10. The van der Waals surface area contributed by atoms with Gasteiger partial charge in [0.15, 0.2) is 4.77 Å². The fourth-order valence-electron chi connectivity index (χ4n) is 2.12. The molecule has 0 fully saturated rings. The quantitative estimate of drug-likeness (QED) is 0.414. The van der Waals surface area contributed by atoms with Crippen LogP contribution in [-0.2, 0) is 17.8 Å². The molecule has 0 atom stereocenters. The molecule has 2 aromatic rings. The average molecular weight is 364 g/mol. The van der Waals surface area contributed by atoms with Crippen molar-refractivity contribution in [2.24, 2.45) is 5.10 Å². The lowest BCUT2D eigenvalue weighted by Crippen LogP contribution is -2.22. The van der Waals surface area contributed by atoms with E-state index in [9.17, 15) is 19.1 Å². The molecule has 0 unspecified atom stereocenters. The number of halogens is 1. The fraction of sp³-hybridized carbons (Fsp3) is 0.250. The summed E-state index contributed by atoms with van der Waals surface area (Å²) in [5, 5.41) is 13.8. The zero-order valence-corrected chi connectivity index (χ0v) is 14.3. The first-order valence-corrected chi connectivity index (χ1v) is 7.95. The molecule has 0 spiro atoms. The lowest BCUT2D eigenvalue weighted by atomic mass is 10.1. The first-order valence-electron chi connectivity index (χ1n) is 7.54. The minimum Gasteiger partial charge on any atom is -0.494 e. The number of aromatic amines is 1. The maximum Gasteiger partial charge on any atom is 0.264 e. The van der Waals surface area contributed by atoms with Crippen LogP contribution in [-0.4, -0.2) is 26.8 Å². The van der Waals surface area contributed by atoms with E-state index in [2.05, 4.69) is 15.5 Å². The predicted molar refractivity (Wildman–Crippen MR) is 93.7 cm³/mol. The topological polar surface area (TPSA) is 99.5 Å². The summed E-state index contributed by atoms with van der Waals surface area (Å²) in [7, 11) is 0. The summed E-state index contributed by atoms with van der Waals surface area (Å²) in [6.45, 7) is 2.33. The number of amides is 1. The first-order chi connectivity index (χ1) is 11.9. The summed E-state index contributed by atoms with van der Waals surface area (Å²) in [5.41, 5.74) is 2.16. The van der Waals surface area contributed by atoms with Crippen molar-refractivity contribution in [2.75, 3.05) is 0 Å². The molecule has 1 heterocycles. The summed E-state index contributed by atoms with van der Waals surface area (Å²) in [6.07, 6.45) is 1.76. The van der Waals surface area contributed by atoms with Crippen LogP contribution in [0.5, 0.6) is 5.88 Å². The number of rotatable bonds is 6. The van der Waals surface area contributed by atoms with E-state index in [1.165, 1.54) is 28.8 Å².